The third-order valence-corrected chi connectivity index (χ3v) is 6.42. The molecular formula is C22H16Cl2F3N3O4S. The largest absolute Gasteiger partial charge is 0.573 e. The monoisotopic (exact) mass is 545 g/mol. The Hall–Kier alpha value is -2.86. The summed E-state index contributed by atoms with van der Waals surface area (Å²) in [4.78, 5) is 33.2. The molecule has 184 valence electrons. The number of amides is 2. The first kappa shape index (κ1) is 25.2. The highest BCUT2D eigenvalue weighted by molar-refractivity contribution is 7.14. The first-order valence-corrected chi connectivity index (χ1v) is 11.7. The number of halogens is 5. The van der Waals surface area contributed by atoms with Crippen molar-refractivity contribution in [3.05, 3.63) is 69.1 Å². The lowest BCUT2D eigenvalue weighted by Gasteiger charge is -2.21. The van der Waals surface area contributed by atoms with Crippen molar-refractivity contribution < 1.29 is 32.6 Å². The molecule has 0 aliphatic carbocycles. The molecule has 0 spiro atoms. The van der Waals surface area contributed by atoms with E-state index in [0.717, 1.165) is 28.4 Å². The summed E-state index contributed by atoms with van der Waals surface area (Å²) in [5, 5.41) is 11.6. The second kappa shape index (κ2) is 10.0. The maximum absolute atomic E-state index is 13.5. The van der Waals surface area contributed by atoms with Gasteiger partial charge in [0.25, 0.3) is 11.8 Å². The molecule has 0 saturated carbocycles. The fourth-order valence-electron chi connectivity index (χ4n) is 3.45. The van der Waals surface area contributed by atoms with Crippen LogP contribution in [0.25, 0.3) is 0 Å². The van der Waals surface area contributed by atoms with E-state index >= 15 is 0 Å². The van der Waals surface area contributed by atoms with E-state index in [1.54, 1.807) is 0 Å². The van der Waals surface area contributed by atoms with Gasteiger partial charge in [0.2, 0.25) is 0 Å². The molecule has 3 aromatic rings. The van der Waals surface area contributed by atoms with Gasteiger partial charge in [0.05, 0.1) is 22.4 Å². The molecule has 4 rings (SSSR count). The maximum Gasteiger partial charge on any atom is 0.573 e. The topological polar surface area (TPSA) is 83.0 Å². The van der Waals surface area contributed by atoms with Gasteiger partial charge in [-0.05, 0) is 48.9 Å². The molecule has 0 bridgehead atoms. The highest BCUT2D eigenvalue weighted by atomic mass is 35.5. The number of thiazole rings is 1. The minimum absolute atomic E-state index is 0.0587. The molecular weight excluding hydrogens is 530 g/mol. The van der Waals surface area contributed by atoms with Crippen molar-refractivity contribution in [2.75, 3.05) is 18.0 Å². The number of aliphatic hydroxyl groups is 1. The van der Waals surface area contributed by atoms with Gasteiger partial charge in [0, 0.05) is 23.5 Å². The fourth-order valence-corrected chi connectivity index (χ4v) is 4.75. The van der Waals surface area contributed by atoms with Gasteiger partial charge in [0.15, 0.2) is 5.13 Å². The Labute approximate surface area is 211 Å². The minimum atomic E-state index is -4.87. The number of anilines is 2. The molecule has 2 heterocycles. The van der Waals surface area contributed by atoms with Gasteiger partial charge < -0.3 is 14.7 Å². The molecule has 35 heavy (non-hydrogen) atoms. The first-order valence-electron chi connectivity index (χ1n) is 10.1. The van der Waals surface area contributed by atoms with Crippen LogP contribution in [0, 0.1) is 0 Å². The van der Waals surface area contributed by atoms with Crippen LogP contribution in [0.5, 0.6) is 5.75 Å². The molecule has 1 aromatic heterocycles. The van der Waals surface area contributed by atoms with Crippen LogP contribution in [-0.4, -0.2) is 52.4 Å². The van der Waals surface area contributed by atoms with E-state index in [9.17, 15) is 27.9 Å². The second-order valence-corrected chi connectivity index (χ2v) is 9.20. The number of alkyl halides is 3. The third-order valence-electron chi connectivity index (χ3n) is 5.05. The van der Waals surface area contributed by atoms with Gasteiger partial charge in [-0.3, -0.25) is 14.5 Å². The second-order valence-electron chi connectivity index (χ2n) is 7.52. The van der Waals surface area contributed by atoms with Crippen LogP contribution in [0.1, 0.15) is 27.3 Å². The summed E-state index contributed by atoms with van der Waals surface area (Å²) in [5.41, 5.74) is 0.300. The van der Waals surface area contributed by atoms with Gasteiger partial charge in [-0.25, -0.2) is 4.98 Å². The molecule has 1 N–H and O–H groups in total. The van der Waals surface area contributed by atoms with E-state index in [1.807, 2.05) is 0 Å². The molecule has 1 aliphatic heterocycles. The summed E-state index contributed by atoms with van der Waals surface area (Å²) in [6.07, 6.45) is -5.03. The summed E-state index contributed by atoms with van der Waals surface area (Å²) in [7, 11) is 0. The zero-order chi connectivity index (χ0) is 25.3. The number of rotatable bonds is 5. The van der Waals surface area contributed by atoms with E-state index in [-0.39, 0.29) is 33.6 Å². The number of benzene rings is 2. The van der Waals surface area contributed by atoms with Crippen LogP contribution in [0.3, 0.4) is 0 Å². The Bertz CT molecular complexity index is 1250. The van der Waals surface area contributed by atoms with E-state index < -0.39 is 30.0 Å². The molecule has 1 atom stereocenters. The predicted octanol–water partition coefficient (Wildman–Crippen LogP) is 5.53. The summed E-state index contributed by atoms with van der Waals surface area (Å²) in [6, 6.07) is 8.87. The third kappa shape index (κ3) is 5.87. The normalized spacial score (nSPS) is 15.8. The number of hydrogen-bond acceptors (Lipinski definition) is 6. The summed E-state index contributed by atoms with van der Waals surface area (Å²) in [6.45, 7) is 0.548. The first-order chi connectivity index (χ1) is 16.5. The highest BCUT2D eigenvalue weighted by Crippen LogP contribution is 2.35. The Morgan fingerprint density at radius 2 is 1.89 bits per heavy atom. The molecule has 1 fully saturated rings. The minimum Gasteiger partial charge on any atom is -0.406 e. The Morgan fingerprint density at radius 3 is 2.49 bits per heavy atom. The number of ether oxygens (including phenoxy) is 1. The van der Waals surface area contributed by atoms with Crippen LogP contribution in [0.4, 0.5) is 24.0 Å². The number of carbonyl (C=O) groups excluding carboxylic acids is 2. The Kier molecular flexibility index (Phi) is 7.22. The van der Waals surface area contributed by atoms with Crippen molar-refractivity contribution in [1.82, 2.24) is 9.88 Å². The van der Waals surface area contributed by atoms with Gasteiger partial charge in [-0.1, -0.05) is 23.2 Å². The van der Waals surface area contributed by atoms with Crippen LogP contribution < -0.4 is 9.64 Å². The molecule has 1 saturated heterocycles. The van der Waals surface area contributed by atoms with E-state index in [2.05, 4.69) is 9.72 Å². The SMILES string of the molecule is O=C(c1csc(N(C(=O)c2ccc(Cl)cc2Cl)c2ccc(OC(F)(F)F)cc2)n1)N1CC[C@@H](O)C1. The van der Waals surface area contributed by atoms with Crippen molar-refractivity contribution in [2.45, 2.75) is 18.9 Å². The average molecular weight is 546 g/mol. The van der Waals surface area contributed by atoms with Crippen molar-refractivity contribution in [1.29, 1.82) is 0 Å². The highest BCUT2D eigenvalue weighted by Gasteiger charge is 2.32. The lowest BCUT2D eigenvalue weighted by Crippen LogP contribution is -2.30. The molecule has 7 nitrogen and oxygen atoms in total. The average Bonchev–Trinajstić information content (AvgIpc) is 3.43. The van der Waals surface area contributed by atoms with Gasteiger partial charge in [-0.15, -0.1) is 24.5 Å². The van der Waals surface area contributed by atoms with Crippen LogP contribution >= 0.6 is 34.5 Å². The Morgan fingerprint density at radius 1 is 1.17 bits per heavy atom. The molecule has 0 radical (unpaired) electrons. The van der Waals surface area contributed by atoms with Gasteiger partial charge in [0.1, 0.15) is 11.4 Å². The predicted molar refractivity (Wildman–Crippen MR) is 125 cm³/mol. The molecule has 2 amide bonds. The summed E-state index contributed by atoms with van der Waals surface area (Å²) >= 11 is 13.1. The number of carbonyl (C=O) groups is 2. The van der Waals surface area contributed by atoms with Crippen molar-refractivity contribution >= 4 is 57.2 Å². The zero-order valence-corrected chi connectivity index (χ0v) is 20.0. The van der Waals surface area contributed by atoms with Crippen LogP contribution in [0.15, 0.2) is 47.8 Å². The van der Waals surface area contributed by atoms with E-state index in [0.29, 0.717) is 18.0 Å². The fraction of sp³-hybridized carbons (Fsp3) is 0.227. The maximum atomic E-state index is 13.5. The van der Waals surface area contributed by atoms with Gasteiger partial charge >= 0.3 is 6.36 Å². The standard InChI is InChI=1S/C22H16Cl2F3N3O4S/c23-12-1-6-16(17(24)9-12)19(32)30(13-2-4-15(5-3-13)34-22(25,26)27)21-28-18(11-35-21)20(33)29-8-7-14(31)10-29/h1-6,9,11,14,31H,7-8,10H2/t14-/m1/s1. The zero-order valence-electron chi connectivity index (χ0n) is 17.6. The quantitative estimate of drug-likeness (QED) is 0.455. The smallest absolute Gasteiger partial charge is 0.406 e. The molecule has 0 unspecified atom stereocenters. The van der Waals surface area contributed by atoms with E-state index in [4.69, 9.17) is 23.2 Å². The molecule has 1 aliphatic rings. The summed E-state index contributed by atoms with van der Waals surface area (Å²) in [5.74, 6) is -1.52. The van der Waals surface area contributed by atoms with Crippen molar-refractivity contribution in [2.24, 2.45) is 0 Å². The molecule has 13 heteroatoms. The van der Waals surface area contributed by atoms with Crippen molar-refractivity contribution in [3.8, 4) is 5.75 Å². The number of aliphatic hydroxyl groups excluding tert-OH is 1. The van der Waals surface area contributed by atoms with Crippen LogP contribution in [-0.2, 0) is 0 Å². The lowest BCUT2D eigenvalue weighted by molar-refractivity contribution is -0.274. The number of likely N-dealkylation sites (tertiary alicyclic amines) is 1. The number of hydrogen-bond donors (Lipinski definition) is 1. The number of aromatic nitrogens is 1. The van der Waals surface area contributed by atoms with Crippen molar-refractivity contribution in [3.63, 3.8) is 0 Å². The number of nitrogens with zero attached hydrogens (tertiary/aromatic N) is 3. The van der Waals surface area contributed by atoms with Crippen LogP contribution in [0.2, 0.25) is 10.0 Å². The lowest BCUT2D eigenvalue weighted by atomic mass is 10.2. The number of β-amino-alcohol motifs (C(OH)–C–C–N with tert-alkyl or cyclic N) is 1. The van der Waals surface area contributed by atoms with E-state index in [1.165, 1.54) is 40.6 Å². The summed E-state index contributed by atoms with van der Waals surface area (Å²) < 4.78 is 41.5. The molecule has 2 aromatic carbocycles. The van der Waals surface area contributed by atoms with Gasteiger partial charge in [-0.2, -0.15) is 0 Å². The Balaban J connectivity index is 1.70.